The topological polar surface area (TPSA) is 107 Å². The smallest absolute Gasteiger partial charge is 0.464 e. The van der Waals surface area contributed by atoms with Crippen molar-refractivity contribution in [3.63, 3.8) is 0 Å². The first-order valence-corrected chi connectivity index (χ1v) is 9.19. The van der Waals surface area contributed by atoms with Gasteiger partial charge in [-0.1, -0.05) is 11.8 Å². The Bertz CT molecular complexity index is 539. The molecule has 1 heterocycles. The predicted molar refractivity (Wildman–Crippen MR) is 90.9 cm³/mol. The van der Waals surface area contributed by atoms with E-state index >= 15 is 0 Å². The Labute approximate surface area is 151 Å². The molecule has 0 spiro atoms. The van der Waals surface area contributed by atoms with E-state index in [9.17, 15) is 24.3 Å². The van der Waals surface area contributed by atoms with E-state index < -0.39 is 40.5 Å². The summed E-state index contributed by atoms with van der Waals surface area (Å²) >= 11 is 1.00. The molecule has 0 aromatic heterocycles. The third-order valence-electron chi connectivity index (χ3n) is 4.28. The maximum absolute atomic E-state index is 12.8. The highest BCUT2D eigenvalue weighted by Gasteiger charge is 2.57. The number of rotatable bonds is 7. The Kier molecular flexibility index (Phi) is 8.04. The fraction of sp³-hybridized carbons (Fsp3) is 0.750. The summed E-state index contributed by atoms with van der Waals surface area (Å²) in [5.41, 5.74) is 0. The maximum atomic E-state index is 12.8. The van der Waals surface area contributed by atoms with Crippen LogP contribution < -0.4 is 0 Å². The quantitative estimate of drug-likeness (QED) is 0.528. The van der Waals surface area contributed by atoms with Gasteiger partial charge in [-0.25, -0.2) is 9.59 Å². The molecule has 0 radical (unpaired) electrons. The molecular formula is C16H26NO7S+. The minimum Gasteiger partial charge on any atom is -0.464 e. The van der Waals surface area contributed by atoms with Crippen molar-refractivity contribution in [1.29, 1.82) is 0 Å². The minimum atomic E-state index is -1.24. The summed E-state index contributed by atoms with van der Waals surface area (Å²) < 4.78 is 9.49. The number of carboxylic acid groups (broad SMARTS) is 1. The summed E-state index contributed by atoms with van der Waals surface area (Å²) in [5.74, 6) is -1.32. The molecule has 0 aliphatic carbocycles. The fourth-order valence-electron chi connectivity index (χ4n) is 3.02. The molecule has 1 fully saturated rings. The molecule has 1 aliphatic heterocycles. The Hall–Kier alpha value is -1.45. The molecule has 8 nitrogen and oxygen atoms in total. The summed E-state index contributed by atoms with van der Waals surface area (Å²) in [4.78, 5) is 47.3. The van der Waals surface area contributed by atoms with Gasteiger partial charge < -0.3 is 14.6 Å². The Morgan fingerprint density at radius 3 is 2.48 bits per heavy atom. The monoisotopic (exact) mass is 376 g/mol. The van der Waals surface area contributed by atoms with E-state index in [0.29, 0.717) is 6.42 Å². The standard InChI is InChI=1S/C16H25NO7S/c1-5-23-14(19)8-24-13-6-11(3)17(7-13,16(21)22)15(20)10(2)9-25-12(4)18/h10-11,13H,5-9H2,1-4H3/p+1/t10-,11-,13+,17-/m1/s1. The van der Waals surface area contributed by atoms with Gasteiger partial charge in [-0.3, -0.25) is 4.79 Å². The molecule has 25 heavy (non-hydrogen) atoms. The highest BCUT2D eigenvalue weighted by molar-refractivity contribution is 8.13. The highest BCUT2D eigenvalue weighted by Crippen LogP contribution is 2.32. The summed E-state index contributed by atoms with van der Waals surface area (Å²) in [7, 11) is 0. The molecular weight excluding hydrogens is 350 g/mol. The molecule has 1 N–H and O–H groups in total. The number of amides is 2. The zero-order valence-corrected chi connectivity index (χ0v) is 15.8. The van der Waals surface area contributed by atoms with E-state index in [1.54, 1.807) is 20.8 Å². The number of imide groups is 1. The van der Waals surface area contributed by atoms with Gasteiger partial charge in [-0.2, -0.15) is 9.28 Å². The summed E-state index contributed by atoms with van der Waals surface area (Å²) in [6.45, 7) is 6.33. The molecule has 4 atom stereocenters. The molecule has 1 aliphatic rings. The van der Waals surface area contributed by atoms with Crippen LogP contribution in [-0.4, -0.2) is 70.3 Å². The average Bonchev–Trinajstić information content (AvgIpc) is 2.87. The lowest BCUT2D eigenvalue weighted by molar-refractivity contribution is -0.795. The molecule has 9 heteroatoms. The van der Waals surface area contributed by atoms with Crippen molar-refractivity contribution >= 4 is 34.8 Å². The van der Waals surface area contributed by atoms with Crippen molar-refractivity contribution < 1.29 is 38.2 Å². The zero-order valence-electron chi connectivity index (χ0n) is 15.0. The number of carbonyl (C=O) groups is 4. The van der Waals surface area contributed by atoms with Gasteiger partial charge in [0.05, 0.1) is 12.5 Å². The maximum Gasteiger partial charge on any atom is 0.521 e. The summed E-state index contributed by atoms with van der Waals surface area (Å²) in [5, 5.41) is 9.62. The number of thioether (sulfide) groups is 1. The lowest BCUT2D eigenvalue weighted by Crippen LogP contribution is -2.61. The fourth-order valence-corrected chi connectivity index (χ4v) is 3.65. The molecule has 1 rings (SSSR count). The van der Waals surface area contributed by atoms with E-state index in [1.165, 1.54) is 6.92 Å². The normalized spacial score (nSPS) is 26.9. The molecule has 0 saturated carbocycles. The molecule has 0 bridgehead atoms. The molecule has 142 valence electrons. The second-order valence-electron chi connectivity index (χ2n) is 6.20. The van der Waals surface area contributed by atoms with E-state index in [2.05, 4.69) is 0 Å². The van der Waals surface area contributed by atoms with Crippen LogP contribution in [-0.2, 0) is 23.9 Å². The van der Waals surface area contributed by atoms with Crippen molar-refractivity contribution in [1.82, 2.24) is 0 Å². The summed E-state index contributed by atoms with van der Waals surface area (Å²) in [6.07, 6.45) is -1.41. The molecule has 1 saturated heterocycles. The number of carbonyl (C=O) groups excluding carboxylic acids is 3. The lowest BCUT2D eigenvalue weighted by atomic mass is 10.1. The van der Waals surface area contributed by atoms with Crippen LogP contribution in [0.1, 0.15) is 34.1 Å². The van der Waals surface area contributed by atoms with Gasteiger partial charge >= 0.3 is 18.0 Å². The number of likely N-dealkylation sites (tertiary alicyclic amines) is 1. The first-order valence-electron chi connectivity index (χ1n) is 8.21. The second-order valence-corrected chi connectivity index (χ2v) is 7.40. The van der Waals surface area contributed by atoms with Crippen molar-refractivity contribution in [3.8, 4) is 0 Å². The summed E-state index contributed by atoms with van der Waals surface area (Å²) in [6, 6.07) is -0.484. The van der Waals surface area contributed by atoms with Crippen LogP contribution in [0.5, 0.6) is 0 Å². The van der Waals surface area contributed by atoms with Gasteiger partial charge in [0.2, 0.25) is 0 Å². The van der Waals surface area contributed by atoms with Gasteiger partial charge in [0.25, 0.3) is 0 Å². The number of hydrogen-bond acceptors (Lipinski definition) is 7. The molecule has 2 amide bonds. The van der Waals surface area contributed by atoms with Crippen LogP contribution in [0.4, 0.5) is 4.79 Å². The lowest BCUT2D eigenvalue weighted by Gasteiger charge is -2.31. The highest BCUT2D eigenvalue weighted by atomic mass is 32.2. The number of quaternary nitrogens is 1. The van der Waals surface area contributed by atoms with Crippen LogP contribution in [0.3, 0.4) is 0 Å². The van der Waals surface area contributed by atoms with E-state index in [1.807, 2.05) is 0 Å². The number of hydrogen-bond donors (Lipinski definition) is 1. The van der Waals surface area contributed by atoms with E-state index in [4.69, 9.17) is 9.47 Å². The SMILES string of the molecule is CCOC(=O)CO[C@H]1C[C@@H](C)[N@@+](C(=O)O)(C(=O)[C@H](C)CSC(C)=O)C1. The zero-order chi connectivity index (χ0) is 19.2. The minimum absolute atomic E-state index is 0.0379. The van der Waals surface area contributed by atoms with E-state index in [-0.39, 0.29) is 30.6 Å². The van der Waals surface area contributed by atoms with Crippen LogP contribution in [0.25, 0.3) is 0 Å². The van der Waals surface area contributed by atoms with E-state index in [0.717, 1.165) is 11.8 Å². The van der Waals surface area contributed by atoms with Crippen molar-refractivity contribution in [2.45, 2.75) is 46.3 Å². The van der Waals surface area contributed by atoms with Gasteiger partial charge in [0, 0.05) is 19.1 Å². The van der Waals surface area contributed by atoms with Crippen LogP contribution in [0.2, 0.25) is 0 Å². The van der Waals surface area contributed by atoms with Crippen molar-refractivity contribution in [2.75, 3.05) is 25.5 Å². The Balaban J connectivity index is 2.83. The third kappa shape index (κ3) is 5.26. The largest absolute Gasteiger partial charge is 0.521 e. The van der Waals surface area contributed by atoms with Crippen molar-refractivity contribution in [2.24, 2.45) is 5.92 Å². The van der Waals surface area contributed by atoms with Crippen LogP contribution in [0, 0.1) is 5.92 Å². The Morgan fingerprint density at radius 2 is 1.96 bits per heavy atom. The van der Waals surface area contributed by atoms with Gasteiger partial charge in [0.1, 0.15) is 25.3 Å². The molecule has 0 unspecified atom stereocenters. The van der Waals surface area contributed by atoms with Gasteiger partial charge in [-0.15, -0.1) is 0 Å². The second kappa shape index (κ2) is 9.30. The van der Waals surface area contributed by atoms with Gasteiger partial charge in [-0.05, 0) is 20.8 Å². The first-order chi connectivity index (χ1) is 11.6. The molecule has 0 aromatic carbocycles. The number of esters is 1. The van der Waals surface area contributed by atoms with Crippen LogP contribution >= 0.6 is 11.8 Å². The average molecular weight is 376 g/mol. The van der Waals surface area contributed by atoms with Gasteiger partial charge in [0.15, 0.2) is 5.12 Å². The number of ether oxygens (including phenoxy) is 2. The predicted octanol–water partition coefficient (Wildman–Crippen LogP) is 1.66. The van der Waals surface area contributed by atoms with Crippen molar-refractivity contribution in [3.05, 3.63) is 0 Å². The number of nitrogens with zero attached hydrogens (tertiary/aromatic N) is 1. The Morgan fingerprint density at radius 1 is 1.32 bits per heavy atom. The third-order valence-corrected chi connectivity index (χ3v) is 5.36. The molecule has 0 aromatic rings. The van der Waals surface area contributed by atoms with Crippen LogP contribution in [0.15, 0.2) is 0 Å². The first kappa shape index (κ1) is 21.6.